The summed E-state index contributed by atoms with van der Waals surface area (Å²) in [5.41, 5.74) is 16.4. The highest BCUT2D eigenvalue weighted by atomic mass is 16.6. The van der Waals surface area contributed by atoms with E-state index in [9.17, 15) is 9.59 Å². The van der Waals surface area contributed by atoms with E-state index in [0.29, 0.717) is 37.3 Å². The number of ether oxygens (including phenoxy) is 2. The van der Waals surface area contributed by atoms with Gasteiger partial charge in [-0.1, -0.05) is 12.1 Å². The second kappa shape index (κ2) is 14.9. The Kier molecular flexibility index (Phi) is 11.3. The average Bonchev–Trinajstić information content (AvgIpc) is 2.95. The Morgan fingerprint density at radius 1 is 0.725 bits per heavy atom. The van der Waals surface area contributed by atoms with Gasteiger partial charge in [0.1, 0.15) is 13.2 Å². The van der Waals surface area contributed by atoms with Gasteiger partial charge in [0.2, 0.25) is 0 Å². The summed E-state index contributed by atoms with van der Waals surface area (Å²) >= 11 is 0. The fraction of sp³-hybridized carbons (Fsp3) is 0.467. The van der Waals surface area contributed by atoms with Gasteiger partial charge in [-0.25, -0.2) is 9.59 Å². The second-order valence-corrected chi connectivity index (χ2v) is 10.4. The minimum Gasteiger partial charge on any atom is -0.445 e. The van der Waals surface area contributed by atoms with E-state index < -0.39 is 0 Å². The summed E-state index contributed by atoms with van der Waals surface area (Å²) in [6.07, 6.45) is 2.65. The van der Waals surface area contributed by atoms with E-state index in [0.717, 1.165) is 47.9 Å². The Bertz CT molecular complexity index is 1150. The molecule has 212 valence electrons. The van der Waals surface area contributed by atoms with Crippen molar-refractivity contribution in [3.63, 3.8) is 0 Å². The van der Waals surface area contributed by atoms with E-state index in [4.69, 9.17) is 31.5 Å². The molecule has 0 radical (unpaired) electrons. The number of nitriles is 2. The van der Waals surface area contributed by atoms with Crippen LogP contribution in [0.2, 0.25) is 0 Å². The molecule has 0 aliphatic carbocycles. The van der Waals surface area contributed by atoms with Gasteiger partial charge in [0.05, 0.1) is 23.3 Å². The molecule has 2 heterocycles. The number of nitrogens with zero attached hydrogens (tertiary/aromatic N) is 4. The largest absolute Gasteiger partial charge is 0.445 e. The summed E-state index contributed by atoms with van der Waals surface area (Å²) in [5.74, 6) is 0. The molecule has 40 heavy (non-hydrogen) atoms. The molecule has 2 aliphatic heterocycles. The van der Waals surface area contributed by atoms with Crippen molar-refractivity contribution >= 4 is 12.2 Å². The zero-order valence-corrected chi connectivity index (χ0v) is 23.3. The molecule has 10 nitrogen and oxygen atoms in total. The third-order valence-electron chi connectivity index (χ3n) is 6.85. The SMILES string of the molecule is Cc1cc(C#N)cc(COC(=O)N2CCC(N)CC2)c1.Cc1cc(C#N)cc(COC(=O)N2CCC(N)CC2)c1. The average molecular weight is 547 g/mol. The van der Waals surface area contributed by atoms with Gasteiger partial charge in [-0.3, -0.25) is 0 Å². The molecule has 2 aliphatic rings. The predicted molar refractivity (Wildman–Crippen MR) is 150 cm³/mol. The summed E-state index contributed by atoms with van der Waals surface area (Å²) < 4.78 is 10.6. The molecular formula is C30H38N6O4. The first-order valence-corrected chi connectivity index (χ1v) is 13.5. The maximum atomic E-state index is 11.9. The Labute approximate surface area is 236 Å². The van der Waals surface area contributed by atoms with Gasteiger partial charge in [-0.2, -0.15) is 10.5 Å². The van der Waals surface area contributed by atoms with Crippen LogP contribution in [0.4, 0.5) is 9.59 Å². The third kappa shape index (κ3) is 9.57. The Morgan fingerprint density at radius 3 is 1.40 bits per heavy atom. The number of nitrogens with two attached hydrogens (primary N) is 2. The number of likely N-dealkylation sites (tertiary alicyclic amines) is 2. The summed E-state index contributed by atoms with van der Waals surface area (Å²) in [4.78, 5) is 27.2. The van der Waals surface area contributed by atoms with E-state index in [1.807, 2.05) is 26.0 Å². The molecule has 0 unspecified atom stereocenters. The third-order valence-corrected chi connectivity index (χ3v) is 6.85. The molecule has 2 aromatic rings. The minimum atomic E-state index is -0.308. The van der Waals surface area contributed by atoms with Crippen LogP contribution in [0.3, 0.4) is 0 Å². The van der Waals surface area contributed by atoms with Gasteiger partial charge >= 0.3 is 12.2 Å². The number of amides is 2. The van der Waals surface area contributed by atoms with Gasteiger partial charge in [-0.05, 0) is 86.1 Å². The second-order valence-electron chi connectivity index (χ2n) is 10.4. The van der Waals surface area contributed by atoms with E-state index in [2.05, 4.69) is 12.1 Å². The van der Waals surface area contributed by atoms with Gasteiger partial charge < -0.3 is 30.7 Å². The smallest absolute Gasteiger partial charge is 0.410 e. The quantitative estimate of drug-likeness (QED) is 0.585. The highest BCUT2D eigenvalue weighted by molar-refractivity contribution is 5.68. The summed E-state index contributed by atoms with van der Waals surface area (Å²) in [5, 5.41) is 17.8. The highest BCUT2D eigenvalue weighted by Crippen LogP contribution is 2.15. The van der Waals surface area contributed by atoms with Crippen LogP contribution in [0, 0.1) is 36.5 Å². The molecule has 2 fully saturated rings. The fourth-order valence-corrected chi connectivity index (χ4v) is 4.66. The van der Waals surface area contributed by atoms with Gasteiger partial charge in [-0.15, -0.1) is 0 Å². The van der Waals surface area contributed by atoms with Crippen LogP contribution < -0.4 is 11.5 Å². The van der Waals surface area contributed by atoms with Gasteiger partial charge in [0, 0.05) is 38.3 Å². The first kappa shape index (κ1) is 30.4. The lowest BCUT2D eigenvalue weighted by Gasteiger charge is -2.29. The number of rotatable bonds is 4. The molecule has 2 aromatic carbocycles. The Morgan fingerprint density at radius 2 is 1.07 bits per heavy atom. The molecule has 0 aromatic heterocycles. The van der Waals surface area contributed by atoms with E-state index in [1.54, 1.807) is 34.1 Å². The van der Waals surface area contributed by atoms with Gasteiger partial charge in [0.15, 0.2) is 0 Å². The normalized spacial score (nSPS) is 15.8. The molecule has 0 saturated carbocycles. The topological polar surface area (TPSA) is 159 Å². The van der Waals surface area contributed by atoms with Crippen LogP contribution >= 0.6 is 0 Å². The number of hydrogen-bond donors (Lipinski definition) is 2. The Hall–Kier alpha value is -4.12. The van der Waals surface area contributed by atoms with Crippen LogP contribution in [0.1, 0.15) is 59.1 Å². The zero-order valence-electron chi connectivity index (χ0n) is 23.3. The first-order valence-electron chi connectivity index (χ1n) is 13.5. The molecule has 4 N–H and O–H groups in total. The lowest BCUT2D eigenvalue weighted by molar-refractivity contribution is 0.0866. The summed E-state index contributed by atoms with van der Waals surface area (Å²) in [7, 11) is 0. The van der Waals surface area contributed by atoms with Crippen molar-refractivity contribution in [3.05, 3.63) is 69.8 Å². The van der Waals surface area contributed by atoms with E-state index in [-0.39, 0.29) is 37.5 Å². The van der Waals surface area contributed by atoms with Crippen LogP contribution in [-0.2, 0) is 22.7 Å². The first-order chi connectivity index (χ1) is 19.2. The lowest BCUT2D eigenvalue weighted by Crippen LogP contribution is -2.43. The number of piperidine rings is 2. The number of hydrogen-bond acceptors (Lipinski definition) is 8. The molecular weight excluding hydrogens is 508 g/mol. The van der Waals surface area contributed by atoms with Crippen molar-refractivity contribution in [2.75, 3.05) is 26.2 Å². The van der Waals surface area contributed by atoms with Crippen molar-refractivity contribution in [2.45, 2.75) is 64.8 Å². The molecule has 4 rings (SSSR count). The van der Waals surface area contributed by atoms with Crippen molar-refractivity contribution in [2.24, 2.45) is 11.5 Å². The number of benzene rings is 2. The lowest BCUT2D eigenvalue weighted by atomic mass is 10.1. The predicted octanol–water partition coefficient (Wildman–Crippen LogP) is 3.85. The number of aryl methyl sites for hydroxylation is 2. The van der Waals surface area contributed by atoms with Crippen molar-refractivity contribution in [1.82, 2.24) is 9.80 Å². The monoisotopic (exact) mass is 546 g/mol. The zero-order chi connectivity index (χ0) is 29.1. The molecule has 0 atom stereocenters. The number of carbonyl (C=O) groups excluding carboxylic acids is 2. The minimum absolute atomic E-state index is 0.189. The number of carbonyl (C=O) groups is 2. The summed E-state index contributed by atoms with van der Waals surface area (Å²) in [6, 6.07) is 15.5. The van der Waals surface area contributed by atoms with Crippen molar-refractivity contribution in [1.29, 1.82) is 10.5 Å². The fourth-order valence-electron chi connectivity index (χ4n) is 4.66. The molecule has 10 heteroatoms. The molecule has 2 amide bonds. The molecule has 0 bridgehead atoms. The maximum Gasteiger partial charge on any atom is 0.410 e. The van der Waals surface area contributed by atoms with E-state index in [1.165, 1.54) is 0 Å². The van der Waals surface area contributed by atoms with Crippen molar-refractivity contribution in [3.8, 4) is 12.1 Å². The van der Waals surface area contributed by atoms with Crippen molar-refractivity contribution < 1.29 is 19.1 Å². The summed E-state index contributed by atoms with van der Waals surface area (Å²) in [6.45, 7) is 6.81. The van der Waals surface area contributed by atoms with Crippen LogP contribution in [0.15, 0.2) is 36.4 Å². The van der Waals surface area contributed by atoms with E-state index >= 15 is 0 Å². The molecule has 2 saturated heterocycles. The van der Waals surface area contributed by atoms with Crippen LogP contribution in [-0.4, -0.2) is 60.2 Å². The Balaban J connectivity index is 0.000000220. The standard InChI is InChI=1S/2C15H19N3O2/c2*1-11-6-12(9-16)8-13(7-11)10-20-15(19)18-4-2-14(17)3-5-18/h2*6-8,14H,2-5,10,17H2,1H3. The maximum absolute atomic E-state index is 11.9. The van der Waals surface area contributed by atoms with Crippen LogP contribution in [0.5, 0.6) is 0 Å². The van der Waals surface area contributed by atoms with Gasteiger partial charge in [0.25, 0.3) is 0 Å². The highest BCUT2D eigenvalue weighted by Gasteiger charge is 2.22. The molecule has 0 spiro atoms. The van der Waals surface area contributed by atoms with Crippen LogP contribution in [0.25, 0.3) is 0 Å².